The molecule has 0 amide bonds. The summed E-state index contributed by atoms with van der Waals surface area (Å²) < 4.78 is 4.92. The molecule has 0 aromatic heterocycles. The topological polar surface area (TPSA) is 75.7 Å². The highest BCUT2D eigenvalue weighted by Crippen LogP contribution is 2.48. The van der Waals surface area contributed by atoms with Gasteiger partial charge in [-0.2, -0.15) is 0 Å². The minimum atomic E-state index is -1.26. The number of nitrogens with two attached hydrogens (primary N) is 1. The standard InChI is InChI=1S/C5H8BNO3/c6-4-1(7)5(9)2(8)3(5)10-4/h1-4,8-9H,7H2/t1-,2?,3+,4+,5+/m0/s1. The van der Waals surface area contributed by atoms with Crippen molar-refractivity contribution in [3.05, 3.63) is 0 Å². The van der Waals surface area contributed by atoms with Gasteiger partial charge in [-0.05, 0) is 0 Å². The molecule has 54 valence electrons. The van der Waals surface area contributed by atoms with Crippen molar-refractivity contribution in [1.29, 1.82) is 0 Å². The molecule has 2 aliphatic rings. The van der Waals surface area contributed by atoms with Crippen molar-refractivity contribution in [2.24, 2.45) is 5.73 Å². The molecule has 2 rings (SSSR count). The molecule has 1 unspecified atom stereocenters. The Balaban J connectivity index is 2.20. The number of fused-ring (bicyclic) bond motifs is 1. The number of rotatable bonds is 0. The van der Waals surface area contributed by atoms with E-state index in [9.17, 15) is 5.11 Å². The summed E-state index contributed by atoms with van der Waals surface area (Å²) in [5.74, 6) is 0. The van der Waals surface area contributed by atoms with Crippen LogP contribution < -0.4 is 5.73 Å². The first kappa shape index (κ1) is 6.60. The van der Waals surface area contributed by atoms with Crippen LogP contribution in [0.4, 0.5) is 0 Å². The van der Waals surface area contributed by atoms with Gasteiger partial charge in [0.05, 0.1) is 6.04 Å². The highest BCUT2D eigenvalue weighted by molar-refractivity contribution is 6.12. The van der Waals surface area contributed by atoms with Gasteiger partial charge >= 0.3 is 0 Å². The number of hydrogen-bond donors (Lipinski definition) is 3. The smallest absolute Gasteiger partial charge is 0.138 e. The third-order valence-electron chi connectivity index (χ3n) is 2.30. The average Bonchev–Trinajstić information content (AvgIpc) is 2.29. The van der Waals surface area contributed by atoms with Gasteiger partial charge in [-0.15, -0.1) is 0 Å². The number of hydrogen-bond acceptors (Lipinski definition) is 4. The molecule has 1 saturated carbocycles. The van der Waals surface area contributed by atoms with Crippen LogP contribution >= 0.6 is 0 Å². The van der Waals surface area contributed by atoms with E-state index in [1.807, 2.05) is 0 Å². The molecular weight excluding hydrogens is 133 g/mol. The fourth-order valence-corrected chi connectivity index (χ4v) is 1.43. The predicted octanol–water partition coefficient (Wildman–Crippen LogP) is -2.69. The van der Waals surface area contributed by atoms with Crippen molar-refractivity contribution in [2.75, 3.05) is 0 Å². The minimum Gasteiger partial charge on any atom is -0.387 e. The second-order valence-corrected chi connectivity index (χ2v) is 2.88. The normalized spacial score (nSPS) is 65.9. The van der Waals surface area contributed by atoms with Gasteiger partial charge in [0.1, 0.15) is 25.7 Å². The molecule has 0 aromatic rings. The predicted molar refractivity (Wildman–Crippen MR) is 33.3 cm³/mol. The Bertz CT molecular complexity index is 178. The van der Waals surface area contributed by atoms with Crippen LogP contribution in [0.5, 0.6) is 0 Å². The maximum absolute atomic E-state index is 9.40. The summed E-state index contributed by atoms with van der Waals surface area (Å²) in [4.78, 5) is 0. The van der Waals surface area contributed by atoms with E-state index in [4.69, 9.17) is 23.4 Å². The Morgan fingerprint density at radius 2 is 2.20 bits per heavy atom. The summed E-state index contributed by atoms with van der Waals surface area (Å²) in [7, 11) is 5.33. The lowest BCUT2D eigenvalue weighted by molar-refractivity contribution is 0.0454. The van der Waals surface area contributed by atoms with Crippen LogP contribution in [0.3, 0.4) is 0 Å². The molecule has 1 aliphatic carbocycles. The van der Waals surface area contributed by atoms with Crippen molar-refractivity contribution in [1.82, 2.24) is 0 Å². The third-order valence-corrected chi connectivity index (χ3v) is 2.30. The van der Waals surface area contributed by atoms with Crippen LogP contribution in [0.25, 0.3) is 0 Å². The Hall–Kier alpha value is -0.0951. The zero-order chi connectivity index (χ0) is 7.52. The zero-order valence-electron chi connectivity index (χ0n) is 5.27. The largest absolute Gasteiger partial charge is 0.387 e. The molecule has 0 bridgehead atoms. The van der Waals surface area contributed by atoms with E-state index in [1.54, 1.807) is 0 Å². The molecule has 4 nitrogen and oxygen atoms in total. The van der Waals surface area contributed by atoms with Gasteiger partial charge in [0.15, 0.2) is 0 Å². The third kappa shape index (κ3) is 0.484. The summed E-state index contributed by atoms with van der Waals surface area (Å²) in [5, 5.41) is 18.4. The van der Waals surface area contributed by atoms with Gasteiger partial charge < -0.3 is 20.7 Å². The van der Waals surface area contributed by atoms with Crippen molar-refractivity contribution in [3.63, 3.8) is 0 Å². The van der Waals surface area contributed by atoms with Crippen molar-refractivity contribution < 1.29 is 14.9 Å². The van der Waals surface area contributed by atoms with E-state index in [-0.39, 0.29) is 0 Å². The second kappa shape index (κ2) is 1.56. The van der Waals surface area contributed by atoms with E-state index in [2.05, 4.69) is 0 Å². The average molecular weight is 141 g/mol. The fraction of sp³-hybridized carbons (Fsp3) is 1.00. The molecule has 1 aliphatic heterocycles. The van der Waals surface area contributed by atoms with Crippen LogP contribution in [0.15, 0.2) is 0 Å². The van der Waals surface area contributed by atoms with Crippen molar-refractivity contribution in [3.8, 4) is 0 Å². The molecule has 1 saturated heterocycles. The van der Waals surface area contributed by atoms with Crippen LogP contribution in [-0.2, 0) is 4.74 Å². The maximum Gasteiger partial charge on any atom is 0.138 e. The summed E-state index contributed by atoms with van der Waals surface area (Å²) in [5.41, 5.74) is 4.16. The van der Waals surface area contributed by atoms with E-state index in [1.165, 1.54) is 0 Å². The molecular formula is C5H8BNO3. The van der Waals surface area contributed by atoms with Crippen LogP contribution in [0.2, 0.25) is 0 Å². The van der Waals surface area contributed by atoms with Gasteiger partial charge in [-0.3, -0.25) is 0 Å². The summed E-state index contributed by atoms with van der Waals surface area (Å²) in [6, 6.07) is -1.30. The second-order valence-electron chi connectivity index (χ2n) is 2.88. The number of ether oxygens (including phenoxy) is 1. The number of aliphatic hydroxyl groups excluding tert-OH is 1. The molecule has 5 heteroatoms. The van der Waals surface area contributed by atoms with Gasteiger partial charge in [0.2, 0.25) is 0 Å². The van der Waals surface area contributed by atoms with Crippen LogP contribution in [0, 0.1) is 0 Å². The van der Waals surface area contributed by atoms with Gasteiger partial charge in [0.25, 0.3) is 0 Å². The lowest BCUT2D eigenvalue weighted by atomic mass is 9.90. The first-order chi connectivity index (χ1) is 4.58. The Morgan fingerprint density at radius 3 is 2.50 bits per heavy atom. The molecule has 2 radical (unpaired) electrons. The Labute approximate surface area is 59.4 Å². The molecule has 1 heterocycles. The summed E-state index contributed by atoms with van der Waals surface area (Å²) >= 11 is 0. The molecule has 2 fully saturated rings. The first-order valence-corrected chi connectivity index (χ1v) is 3.15. The lowest BCUT2D eigenvalue weighted by Crippen LogP contribution is -2.46. The highest BCUT2D eigenvalue weighted by Gasteiger charge is 2.74. The van der Waals surface area contributed by atoms with Gasteiger partial charge in [-0.1, -0.05) is 0 Å². The lowest BCUT2D eigenvalue weighted by Gasteiger charge is -2.17. The monoisotopic (exact) mass is 141 g/mol. The van der Waals surface area contributed by atoms with E-state index in [0.717, 1.165) is 0 Å². The quantitative estimate of drug-likeness (QED) is 0.321. The molecule has 5 atom stereocenters. The molecule has 4 N–H and O–H groups in total. The van der Waals surface area contributed by atoms with E-state index >= 15 is 0 Å². The summed E-state index contributed by atoms with van der Waals surface area (Å²) in [6.45, 7) is 0. The fourth-order valence-electron chi connectivity index (χ4n) is 1.43. The van der Waals surface area contributed by atoms with E-state index < -0.39 is 29.9 Å². The molecule has 0 spiro atoms. The minimum absolute atomic E-state index is 0.558. The maximum atomic E-state index is 9.40. The molecule has 10 heavy (non-hydrogen) atoms. The molecule has 0 aromatic carbocycles. The van der Waals surface area contributed by atoms with Crippen LogP contribution in [-0.4, -0.2) is 47.9 Å². The Morgan fingerprint density at radius 1 is 1.60 bits per heavy atom. The van der Waals surface area contributed by atoms with Gasteiger partial charge in [0, 0.05) is 6.00 Å². The summed E-state index contributed by atoms with van der Waals surface area (Å²) in [6.07, 6.45) is -1.40. The SMILES string of the molecule is [B][C@@H]1O[C@@H]2C(O)[C@]2(O)[C@H]1N. The van der Waals surface area contributed by atoms with Crippen molar-refractivity contribution in [2.45, 2.75) is 29.9 Å². The number of aliphatic hydroxyl groups is 2. The highest BCUT2D eigenvalue weighted by atomic mass is 16.6. The van der Waals surface area contributed by atoms with E-state index in [0.29, 0.717) is 0 Å². The van der Waals surface area contributed by atoms with Gasteiger partial charge in [-0.25, -0.2) is 0 Å². The van der Waals surface area contributed by atoms with Crippen molar-refractivity contribution >= 4 is 7.85 Å². The Kier molecular flexibility index (Phi) is 1.03. The first-order valence-electron chi connectivity index (χ1n) is 3.15. The van der Waals surface area contributed by atoms with Crippen LogP contribution in [0.1, 0.15) is 0 Å². The zero-order valence-corrected chi connectivity index (χ0v) is 5.27.